The third-order valence-electron chi connectivity index (χ3n) is 4.17. The monoisotopic (exact) mass is 230 g/mol. The Hall–Kier alpha value is -0.860. The van der Waals surface area contributed by atoms with Crippen molar-refractivity contribution in [1.29, 1.82) is 0 Å². The molecule has 0 aliphatic carbocycles. The molecule has 92 valence electrons. The maximum Gasteiger partial charge on any atom is 0.0320 e. The SMILES string of the molecule is CC(C)N1Cc2ccc(C3CCCN3)cc2C1. The van der Waals surface area contributed by atoms with Crippen LogP contribution in [0.4, 0.5) is 0 Å². The normalized spacial score (nSPS) is 24.5. The van der Waals surface area contributed by atoms with E-state index in [0.29, 0.717) is 12.1 Å². The molecule has 1 saturated heterocycles. The molecule has 0 radical (unpaired) electrons. The summed E-state index contributed by atoms with van der Waals surface area (Å²) in [6.07, 6.45) is 2.62. The van der Waals surface area contributed by atoms with Gasteiger partial charge in [-0.25, -0.2) is 0 Å². The van der Waals surface area contributed by atoms with Crippen LogP contribution in [0.1, 0.15) is 49.4 Å². The molecule has 0 aromatic heterocycles. The van der Waals surface area contributed by atoms with Crippen molar-refractivity contribution < 1.29 is 0 Å². The summed E-state index contributed by atoms with van der Waals surface area (Å²) in [5.74, 6) is 0. The van der Waals surface area contributed by atoms with E-state index in [2.05, 4.69) is 42.3 Å². The molecule has 2 heteroatoms. The smallest absolute Gasteiger partial charge is 0.0320 e. The van der Waals surface area contributed by atoms with Crippen molar-refractivity contribution >= 4 is 0 Å². The van der Waals surface area contributed by atoms with E-state index in [1.54, 1.807) is 5.56 Å². The summed E-state index contributed by atoms with van der Waals surface area (Å²) in [6, 6.07) is 8.35. The molecule has 0 spiro atoms. The molecular weight excluding hydrogens is 208 g/mol. The van der Waals surface area contributed by atoms with Crippen LogP contribution in [0.25, 0.3) is 0 Å². The zero-order chi connectivity index (χ0) is 11.8. The first-order valence-electron chi connectivity index (χ1n) is 6.83. The highest BCUT2D eigenvalue weighted by Crippen LogP contribution is 2.30. The number of benzene rings is 1. The Morgan fingerprint density at radius 1 is 1.24 bits per heavy atom. The minimum absolute atomic E-state index is 0.605. The van der Waals surface area contributed by atoms with Gasteiger partial charge in [0.1, 0.15) is 0 Å². The number of nitrogens with zero attached hydrogens (tertiary/aromatic N) is 1. The van der Waals surface area contributed by atoms with Crippen molar-refractivity contribution in [2.75, 3.05) is 6.54 Å². The van der Waals surface area contributed by atoms with Crippen LogP contribution in [-0.4, -0.2) is 17.5 Å². The van der Waals surface area contributed by atoms with E-state index in [9.17, 15) is 0 Å². The summed E-state index contributed by atoms with van der Waals surface area (Å²) in [6.45, 7) is 8.01. The van der Waals surface area contributed by atoms with Crippen molar-refractivity contribution in [2.45, 2.75) is 51.9 Å². The van der Waals surface area contributed by atoms with Gasteiger partial charge in [-0.3, -0.25) is 4.90 Å². The third-order valence-corrected chi connectivity index (χ3v) is 4.17. The van der Waals surface area contributed by atoms with Gasteiger partial charge in [0.25, 0.3) is 0 Å². The topological polar surface area (TPSA) is 15.3 Å². The average Bonchev–Trinajstić information content (AvgIpc) is 2.97. The maximum atomic E-state index is 3.58. The zero-order valence-corrected chi connectivity index (χ0v) is 10.9. The minimum atomic E-state index is 0.605. The molecule has 2 aliphatic rings. The second kappa shape index (κ2) is 4.43. The molecule has 0 amide bonds. The predicted molar refractivity (Wildman–Crippen MR) is 70.8 cm³/mol. The quantitative estimate of drug-likeness (QED) is 0.840. The summed E-state index contributed by atoms with van der Waals surface area (Å²) in [5.41, 5.74) is 4.57. The molecule has 2 nitrogen and oxygen atoms in total. The maximum absolute atomic E-state index is 3.58. The van der Waals surface area contributed by atoms with Crippen molar-refractivity contribution in [3.63, 3.8) is 0 Å². The summed E-state index contributed by atoms with van der Waals surface area (Å²) in [5, 5.41) is 3.58. The summed E-state index contributed by atoms with van der Waals surface area (Å²) in [4.78, 5) is 2.54. The first-order chi connectivity index (χ1) is 8.24. The number of hydrogen-bond donors (Lipinski definition) is 1. The molecule has 17 heavy (non-hydrogen) atoms. The highest BCUT2D eigenvalue weighted by molar-refractivity contribution is 5.36. The van der Waals surface area contributed by atoms with Crippen LogP contribution in [0, 0.1) is 0 Å². The van der Waals surface area contributed by atoms with E-state index in [0.717, 1.165) is 13.1 Å². The second-order valence-corrected chi connectivity index (χ2v) is 5.68. The van der Waals surface area contributed by atoms with Crippen LogP contribution in [0.3, 0.4) is 0 Å². The van der Waals surface area contributed by atoms with E-state index < -0.39 is 0 Å². The Balaban J connectivity index is 1.82. The highest BCUT2D eigenvalue weighted by Gasteiger charge is 2.23. The predicted octanol–water partition coefficient (Wildman–Crippen LogP) is 2.84. The van der Waals surface area contributed by atoms with E-state index in [-0.39, 0.29) is 0 Å². The van der Waals surface area contributed by atoms with Crippen molar-refractivity contribution in [3.05, 3.63) is 34.9 Å². The molecule has 3 rings (SSSR count). The average molecular weight is 230 g/mol. The van der Waals surface area contributed by atoms with Crippen LogP contribution < -0.4 is 5.32 Å². The Morgan fingerprint density at radius 2 is 2.06 bits per heavy atom. The van der Waals surface area contributed by atoms with Gasteiger partial charge in [0.15, 0.2) is 0 Å². The Labute approximate surface area is 104 Å². The Bertz CT molecular complexity index is 405. The van der Waals surface area contributed by atoms with Crippen LogP contribution in [0.2, 0.25) is 0 Å². The van der Waals surface area contributed by atoms with Gasteiger partial charge in [-0.15, -0.1) is 0 Å². The lowest BCUT2D eigenvalue weighted by Gasteiger charge is -2.18. The third kappa shape index (κ3) is 2.12. The van der Waals surface area contributed by atoms with Crippen molar-refractivity contribution in [2.24, 2.45) is 0 Å². The lowest BCUT2D eigenvalue weighted by Crippen LogP contribution is -2.24. The van der Waals surface area contributed by atoms with E-state index in [1.807, 2.05) is 0 Å². The molecule has 1 aromatic rings. The van der Waals surface area contributed by atoms with Crippen LogP contribution >= 0.6 is 0 Å². The second-order valence-electron chi connectivity index (χ2n) is 5.68. The zero-order valence-electron chi connectivity index (χ0n) is 10.9. The van der Waals surface area contributed by atoms with E-state index >= 15 is 0 Å². The van der Waals surface area contributed by atoms with E-state index in [1.165, 1.54) is 30.5 Å². The number of hydrogen-bond acceptors (Lipinski definition) is 2. The molecule has 1 unspecified atom stereocenters. The van der Waals surface area contributed by atoms with Crippen LogP contribution in [0.15, 0.2) is 18.2 Å². The molecule has 2 heterocycles. The van der Waals surface area contributed by atoms with Gasteiger partial charge in [-0.2, -0.15) is 0 Å². The fourth-order valence-corrected chi connectivity index (χ4v) is 2.99. The Morgan fingerprint density at radius 3 is 2.76 bits per heavy atom. The van der Waals surface area contributed by atoms with Gasteiger partial charge >= 0.3 is 0 Å². The number of nitrogens with one attached hydrogen (secondary N) is 1. The van der Waals surface area contributed by atoms with Crippen molar-refractivity contribution in [3.8, 4) is 0 Å². The molecular formula is C15H22N2. The largest absolute Gasteiger partial charge is 0.310 e. The molecule has 1 aromatic carbocycles. The summed E-state index contributed by atoms with van der Waals surface area (Å²) < 4.78 is 0. The molecule has 1 fully saturated rings. The lowest BCUT2D eigenvalue weighted by atomic mass is 10.0. The Kier molecular flexibility index (Phi) is 2.93. The van der Waals surface area contributed by atoms with Gasteiger partial charge < -0.3 is 5.32 Å². The van der Waals surface area contributed by atoms with Gasteiger partial charge in [0.2, 0.25) is 0 Å². The molecule has 1 N–H and O–H groups in total. The highest BCUT2D eigenvalue weighted by atomic mass is 15.2. The minimum Gasteiger partial charge on any atom is -0.310 e. The fourth-order valence-electron chi connectivity index (χ4n) is 2.99. The number of rotatable bonds is 2. The molecule has 2 aliphatic heterocycles. The molecule has 1 atom stereocenters. The molecule has 0 bridgehead atoms. The summed E-state index contributed by atoms with van der Waals surface area (Å²) >= 11 is 0. The van der Waals surface area contributed by atoms with Gasteiger partial charge in [-0.1, -0.05) is 18.2 Å². The van der Waals surface area contributed by atoms with Gasteiger partial charge in [0, 0.05) is 25.2 Å². The summed E-state index contributed by atoms with van der Waals surface area (Å²) in [7, 11) is 0. The van der Waals surface area contributed by atoms with Crippen LogP contribution in [0.5, 0.6) is 0 Å². The first kappa shape index (κ1) is 11.2. The standard InChI is InChI=1S/C15H22N2/c1-11(2)17-9-13-6-5-12(8-14(13)10-17)15-4-3-7-16-15/h5-6,8,11,15-16H,3-4,7,9-10H2,1-2H3. The first-order valence-corrected chi connectivity index (χ1v) is 6.83. The molecule has 0 saturated carbocycles. The fraction of sp³-hybridized carbons (Fsp3) is 0.600. The van der Waals surface area contributed by atoms with Gasteiger partial charge in [-0.05, 0) is 49.9 Å². The van der Waals surface area contributed by atoms with Crippen LogP contribution in [-0.2, 0) is 13.1 Å². The van der Waals surface area contributed by atoms with Gasteiger partial charge in [0.05, 0.1) is 0 Å². The number of fused-ring (bicyclic) bond motifs is 1. The lowest BCUT2D eigenvalue weighted by molar-refractivity contribution is 0.227. The van der Waals surface area contributed by atoms with E-state index in [4.69, 9.17) is 0 Å². The van der Waals surface area contributed by atoms with Crippen molar-refractivity contribution in [1.82, 2.24) is 10.2 Å².